The lowest BCUT2D eigenvalue weighted by molar-refractivity contribution is 0.0524. The molecule has 2 fully saturated rings. The van der Waals surface area contributed by atoms with Gasteiger partial charge in [-0.25, -0.2) is 9.78 Å². The van der Waals surface area contributed by atoms with Crippen molar-refractivity contribution in [2.45, 2.75) is 25.8 Å². The van der Waals surface area contributed by atoms with Crippen molar-refractivity contribution < 1.29 is 9.53 Å². The number of nitrogen functional groups attached to an aromatic ring is 1. The van der Waals surface area contributed by atoms with Crippen LogP contribution in [-0.2, 0) is 4.74 Å². The Morgan fingerprint density at radius 1 is 1.14 bits per heavy atom. The third-order valence-electron chi connectivity index (χ3n) is 6.79. The Kier molecular flexibility index (Phi) is 5.36. The number of nitrogens with zero attached hydrogens (tertiary/aromatic N) is 4. The highest BCUT2D eigenvalue weighted by Crippen LogP contribution is 2.39. The van der Waals surface area contributed by atoms with Crippen LogP contribution in [0.15, 0.2) is 47.4 Å². The highest BCUT2D eigenvalue weighted by Gasteiger charge is 2.29. The first-order chi connectivity index (χ1) is 17.0. The van der Waals surface area contributed by atoms with E-state index in [1.54, 1.807) is 30.5 Å². The molecule has 0 radical (unpaired) electrons. The normalized spacial score (nSPS) is 16.3. The average Bonchev–Trinajstić information content (AvgIpc) is 3.62. The zero-order valence-corrected chi connectivity index (χ0v) is 20.4. The van der Waals surface area contributed by atoms with Crippen LogP contribution in [-0.4, -0.2) is 48.3 Å². The van der Waals surface area contributed by atoms with E-state index in [4.69, 9.17) is 15.5 Å². The third kappa shape index (κ3) is 3.89. The summed E-state index contributed by atoms with van der Waals surface area (Å²) in [7, 11) is 0. The Morgan fingerprint density at radius 2 is 1.89 bits per heavy atom. The first-order valence-electron chi connectivity index (χ1n) is 12.0. The average molecular weight is 490 g/mol. The van der Waals surface area contributed by atoms with Crippen molar-refractivity contribution in [3.8, 4) is 0 Å². The minimum atomic E-state index is -0.581. The Labute approximate surface area is 206 Å². The number of hydrogen-bond acceptors (Lipinski definition) is 8. The molecule has 1 saturated heterocycles. The van der Waals surface area contributed by atoms with E-state index in [1.807, 2.05) is 24.3 Å². The Bertz CT molecular complexity index is 1470. The van der Waals surface area contributed by atoms with Gasteiger partial charge in [0, 0.05) is 43.8 Å². The fourth-order valence-electron chi connectivity index (χ4n) is 4.82. The zero-order chi connectivity index (χ0) is 24.1. The number of pyridine rings is 1. The molecule has 6 rings (SSSR count). The molecule has 0 amide bonds. The molecule has 0 bridgehead atoms. The molecule has 2 aliphatic rings. The van der Waals surface area contributed by atoms with E-state index in [0.29, 0.717) is 17.1 Å². The molecule has 35 heavy (non-hydrogen) atoms. The number of rotatable bonds is 5. The molecule has 1 aliphatic carbocycles. The van der Waals surface area contributed by atoms with Gasteiger partial charge in [-0.2, -0.15) is 0 Å². The van der Waals surface area contributed by atoms with E-state index in [9.17, 15) is 9.59 Å². The summed E-state index contributed by atoms with van der Waals surface area (Å²) in [6.07, 6.45) is 3.73. The Morgan fingerprint density at radius 3 is 2.60 bits per heavy atom. The molecule has 1 saturated carbocycles. The van der Waals surface area contributed by atoms with E-state index in [-0.39, 0.29) is 17.6 Å². The molecule has 2 aromatic carbocycles. The van der Waals surface area contributed by atoms with Gasteiger partial charge in [-0.3, -0.25) is 4.79 Å². The molecule has 8 nitrogen and oxygen atoms in total. The van der Waals surface area contributed by atoms with E-state index in [2.05, 4.69) is 20.4 Å². The van der Waals surface area contributed by atoms with E-state index >= 15 is 0 Å². The lowest BCUT2D eigenvalue weighted by atomic mass is 10.1. The quantitative estimate of drug-likeness (QED) is 0.334. The molecular weight excluding hydrogens is 462 g/mol. The first kappa shape index (κ1) is 21.9. The van der Waals surface area contributed by atoms with Crippen LogP contribution < -0.4 is 21.0 Å². The summed E-state index contributed by atoms with van der Waals surface area (Å²) >= 11 is 1.72. The summed E-state index contributed by atoms with van der Waals surface area (Å²) in [4.78, 5) is 35.0. The van der Waals surface area contributed by atoms with Crippen molar-refractivity contribution in [1.82, 2.24) is 9.55 Å². The summed E-state index contributed by atoms with van der Waals surface area (Å²) in [5.41, 5.74) is 9.56. The molecule has 4 aromatic rings. The van der Waals surface area contributed by atoms with Crippen LogP contribution in [0.5, 0.6) is 0 Å². The maximum absolute atomic E-state index is 13.2. The Hall–Kier alpha value is -3.59. The first-order valence-corrected chi connectivity index (χ1v) is 12.9. The second-order valence-corrected chi connectivity index (χ2v) is 10.1. The van der Waals surface area contributed by atoms with Crippen LogP contribution in [0.2, 0.25) is 0 Å². The number of anilines is 3. The van der Waals surface area contributed by atoms with Gasteiger partial charge in [-0.1, -0.05) is 23.5 Å². The van der Waals surface area contributed by atoms with Crippen LogP contribution in [0.3, 0.4) is 0 Å². The van der Waals surface area contributed by atoms with Crippen molar-refractivity contribution in [3.05, 3.63) is 58.4 Å². The number of ether oxygens (including phenoxy) is 1. The summed E-state index contributed by atoms with van der Waals surface area (Å²) in [6.45, 7) is 5.26. The number of benzene rings is 2. The van der Waals surface area contributed by atoms with Gasteiger partial charge in [-0.15, -0.1) is 0 Å². The number of thiazole rings is 1. The SMILES string of the molecule is CCOC(=O)c1cn(C2CC2)c2cc(N3CCN(c4nc5ccccc5s4)CC3)c(N)cc2c1=O. The summed E-state index contributed by atoms with van der Waals surface area (Å²) in [5, 5.41) is 1.52. The predicted octanol–water partition coefficient (Wildman–Crippen LogP) is 4.03. The van der Waals surface area contributed by atoms with Crippen LogP contribution in [0.4, 0.5) is 16.5 Å². The molecule has 9 heteroatoms. The van der Waals surface area contributed by atoms with Gasteiger partial charge in [0.15, 0.2) is 5.13 Å². The van der Waals surface area contributed by atoms with Gasteiger partial charge >= 0.3 is 5.97 Å². The van der Waals surface area contributed by atoms with Gasteiger partial charge in [-0.05, 0) is 44.0 Å². The predicted molar refractivity (Wildman–Crippen MR) is 141 cm³/mol. The number of carbonyl (C=O) groups is 1. The number of aromatic nitrogens is 2. The maximum atomic E-state index is 13.2. The second kappa shape index (κ2) is 8.57. The largest absolute Gasteiger partial charge is 0.462 e. The van der Waals surface area contributed by atoms with Gasteiger partial charge in [0.25, 0.3) is 0 Å². The number of esters is 1. The molecular formula is C26H27N5O3S. The molecule has 0 unspecified atom stereocenters. The van der Waals surface area contributed by atoms with E-state index in [0.717, 1.165) is 60.9 Å². The fraction of sp³-hybridized carbons (Fsp3) is 0.346. The molecule has 2 N–H and O–H groups in total. The highest BCUT2D eigenvalue weighted by molar-refractivity contribution is 7.22. The van der Waals surface area contributed by atoms with Crippen molar-refractivity contribution in [3.63, 3.8) is 0 Å². The van der Waals surface area contributed by atoms with E-state index in [1.165, 1.54) is 4.70 Å². The fourth-order valence-corrected chi connectivity index (χ4v) is 5.84. The lowest BCUT2D eigenvalue weighted by Gasteiger charge is -2.36. The third-order valence-corrected chi connectivity index (χ3v) is 7.89. The topological polar surface area (TPSA) is 93.7 Å². The molecule has 1 aliphatic heterocycles. The molecule has 180 valence electrons. The molecule has 0 spiro atoms. The maximum Gasteiger partial charge on any atom is 0.343 e. The van der Waals surface area contributed by atoms with Crippen molar-refractivity contribution in [2.75, 3.05) is 48.3 Å². The zero-order valence-electron chi connectivity index (χ0n) is 19.6. The lowest BCUT2D eigenvalue weighted by Crippen LogP contribution is -2.46. The minimum Gasteiger partial charge on any atom is -0.462 e. The number of fused-ring (bicyclic) bond motifs is 2. The Balaban J connectivity index is 1.31. The van der Waals surface area contributed by atoms with E-state index < -0.39 is 5.97 Å². The number of hydrogen-bond donors (Lipinski definition) is 1. The summed E-state index contributed by atoms with van der Waals surface area (Å²) in [6, 6.07) is 12.3. The van der Waals surface area contributed by atoms with Gasteiger partial charge in [0.05, 0.1) is 33.7 Å². The van der Waals surface area contributed by atoms with Crippen molar-refractivity contribution in [2.24, 2.45) is 0 Å². The molecule has 3 heterocycles. The van der Waals surface area contributed by atoms with Crippen molar-refractivity contribution >= 4 is 54.9 Å². The van der Waals surface area contributed by atoms with Crippen LogP contribution in [0, 0.1) is 0 Å². The summed E-state index contributed by atoms with van der Waals surface area (Å²) in [5.74, 6) is -0.581. The molecule has 0 atom stereocenters. The van der Waals surface area contributed by atoms with Crippen LogP contribution in [0.25, 0.3) is 21.1 Å². The standard InChI is InChI=1S/C26H27N5O3S/c1-2-34-25(33)18-15-31(16-7-8-16)21-14-22(19(27)13-17(21)24(18)32)29-9-11-30(12-10-29)26-28-20-5-3-4-6-23(20)35-26/h3-6,13-16H,2,7-12,27H2,1H3. The summed E-state index contributed by atoms with van der Waals surface area (Å²) < 4.78 is 8.38. The molecule has 2 aromatic heterocycles. The number of carbonyl (C=O) groups excluding carboxylic acids is 1. The van der Waals surface area contributed by atoms with Crippen LogP contribution in [0.1, 0.15) is 36.2 Å². The highest BCUT2D eigenvalue weighted by atomic mass is 32.1. The smallest absolute Gasteiger partial charge is 0.343 e. The van der Waals surface area contributed by atoms with Gasteiger partial charge in [0.2, 0.25) is 5.43 Å². The number of para-hydroxylation sites is 1. The monoisotopic (exact) mass is 489 g/mol. The number of nitrogens with two attached hydrogens (primary N) is 1. The van der Waals surface area contributed by atoms with Gasteiger partial charge < -0.3 is 24.8 Å². The minimum absolute atomic E-state index is 0.0721. The van der Waals surface area contributed by atoms with Crippen molar-refractivity contribution in [1.29, 1.82) is 0 Å². The van der Waals surface area contributed by atoms with Gasteiger partial charge in [0.1, 0.15) is 5.56 Å². The second-order valence-electron chi connectivity index (χ2n) is 9.10. The van der Waals surface area contributed by atoms with Crippen LogP contribution >= 0.6 is 11.3 Å². The number of piperazine rings is 1.